The molecule has 2 amide bonds. The van der Waals surface area contributed by atoms with Gasteiger partial charge in [-0.25, -0.2) is 0 Å². The normalized spacial score (nSPS) is 11.6. The number of furan rings is 1. The molecule has 0 fully saturated rings. The highest BCUT2D eigenvalue weighted by Gasteiger charge is 2.17. The zero-order valence-corrected chi connectivity index (χ0v) is 15.7. The second-order valence-corrected chi connectivity index (χ2v) is 6.40. The summed E-state index contributed by atoms with van der Waals surface area (Å²) in [6.45, 7) is 0.132. The average molecular weight is 409 g/mol. The standard InChI is InChI=1S/C20H15N3O5S/c24-18(12-6-7-15-17(9-12)28-11-27-15)23-20(29)22-14-4-1-3-13(10-14)21-19(25)16-5-2-8-26-16/h1-10H,11H2,(H,21,25)(H2,22,23,24,29). The van der Waals surface area contributed by atoms with Crippen molar-refractivity contribution in [1.29, 1.82) is 0 Å². The second kappa shape index (κ2) is 8.03. The number of carbonyl (C=O) groups excluding carboxylic acids is 2. The first-order chi connectivity index (χ1) is 14.1. The largest absolute Gasteiger partial charge is 0.459 e. The Morgan fingerprint density at radius 3 is 2.45 bits per heavy atom. The molecule has 0 bridgehead atoms. The summed E-state index contributed by atoms with van der Waals surface area (Å²) in [5.74, 6) is 0.552. The Labute approximate surface area is 170 Å². The lowest BCUT2D eigenvalue weighted by molar-refractivity contribution is 0.0974. The molecular formula is C20H15N3O5S. The van der Waals surface area contributed by atoms with E-state index >= 15 is 0 Å². The number of hydrogen-bond donors (Lipinski definition) is 3. The van der Waals surface area contributed by atoms with Gasteiger partial charge in [0.1, 0.15) is 0 Å². The van der Waals surface area contributed by atoms with Crippen LogP contribution in [0.5, 0.6) is 11.5 Å². The van der Waals surface area contributed by atoms with Crippen molar-refractivity contribution in [3.63, 3.8) is 0 Å². The maximum atomic E-state index is 12.4. The topological polar surface area (TPSA) is 102 Å². The predicted octanol–water partition coefficient (Wildman–Crippen LogP) is 3.39. The van der Waals surface area contributed by atoms with Crippen molar-refractivity contribution < 1.29 is 23.5 Å². The molecule has 1 aliphatic heterocycles. The van der Waals surface area contributed by atoms with Gasteiger partial charge in [0.05, 0.1) is 6.26 Å². The second-order valence-electron chi connectivity index (χ2n) is 5.99. The fourth-order valence-corrected chi connectivity index (χ4v) is 2.86. The molecule has 29 heavy (non-hydrogen) atoms. The van der Waals surface area contributed by atoms with E-state index in [9.17, 15) is 9.59 Å². The highest BCUT2D eigenvalue weighted by atomic mass is 32.1. The van der Waals surface area contributed by atoms with Crippen LogP contribution in [0.2, 0.25) is 0 Å². The lowest BCUT2D eigenvalue weighted by Gasteiger charge is -2.11. The molecule has 4 rings (SSSR count). The smallest absolute Gasteiger partial charge is 0.291 e. The van der Waals surface area contributed by atoms with Gasteiger partial charge in [0, 0.05) is 16.9 Å². The summed E-state index contributed by atoms with van der Waals surface area (Å²) in [5, 5.41) is 8.35. The monoisotopic (exact) mass is 409 g/mol. The van der Waals surface area contributed by atoms with E-state index in [1.165, 1.54) is 6.26 Å². The Balaban J connectivity index is 1.37. The van der Waals surface area contributed by atoms with Gasteiger partial charge in [-0.1, -0.05) is 6.07 Å². The number of hydrogen-bond acceptors (Lipinski definition) is 6. The average Bonchev–Trinajstić information content (AvgIpc) is 3.39. The molecule has 3 aromatic rings. The summed E-state index contributed by atoms with van der Waals surface area (Å²) in [6.07, 6.45) is 1.42. The van der Waals surface area contributed by atoms with Crippen molar-refractivity contribution in [2.24, 2.45) is 0 Å². The summed E-state index contributed by atoms with van der Waals surface area (Å²) in [6, 6.07) is 15.0. The molecule has 2 heterocycles. The van der Waals surface area contributed by atoms with Crippen LogP contribution in [-0.2, 0) is 0 Å². The molecule has 146 valence electrons. The highest BCUT2D eigenvalue weighted by molar-refractivity contribution is 7.80. The van der Waals surface area contributed by atoms with E-state index in [2.05, 4.69) is 16.0 Å². The van der Waals surface area contributed by atoms with E-state index in [-0.39, 0.29) is 29.5 Å². The van der Waals surface area contributed by atoms with Crippen LogP contribution in [0.1, 0.15) is 20.9 Å². The van der Waals surface area contributed by atoms with E-state index in [0.717, 1.165) is 0 Å². The number of rotatable bonds is 4. The van der Waals surface area contributed by atoms with Crippen LogP contribution in [0.15, 0.2) is 65.3 Å². The van der Waals surface area contributed by atoms with Gasteiger partial charge in [0.2, 0.25) is 6.79 Å². The molecule has 9 heteroatoms. The third-order valence-electron chi connectivity index (χ3n) is 3.99. The minimum atomic E-state index is -0.386. The van der Waals surface area contributed by atoms with Crippen molar-refractivity contribution in [3.05, 3.63) is 72.2 Å². The Kier molecular flexibility index (Phi) is 5.12. The van der Waals surface area contributed by atoms with E-state index in [1.807, 2.05) is 0 Å². The minimum absolute atomic E-state index is 0.113. The third kappa shape index (κ3) is 4.36. The van der Waals surface area contributed by atoms with E-state index < -0.39 is 0 Å². The number of nitrogens with one attached hydrogen (secondary N) is 3. The van der Waals surface area contributed by atoms with Gasteiger partial charge in [-0.3, -0.25) is 14.9 Å². The maximum absolute atomic E-state index is 12.4. The Morgan fingerprint density at radius 2 is 1.66 bits per heavy atom. The number of carbonyl (C=O) groups is 2. The van der Waals surface area contributed by atoms with Gasteiger partial charge < -0.3 is 24.5 Å². The molecule has 0 radical (unpaired) electrons. The summed E-state index contributed by atoms with van der Waals surface area (Å²) < 4.78 is 15.6. The molecular weight excluding hydrogens is 394 g/mol. The molecule has 0 saturated heterocycles. The number of fused-ring (bicyclic) bond motifs is 1. The fraction of sp³-hybridized carbons (Fsp3) is 0.0500. The zero-order chi connectivity index (χ0) is 20.2. The molecule has 0 atom stereocenters. The van der Waals surface area contributed by atoms with Crippen molar-refractivity contribution in [2.45, 2.75) is 0 Å². The Bertz CT molecular complexity index is 1080. The van der Waals surface area contributed by atoms with Gasteiger partial charge in [0.15, 0.2) is 22.4 Å². The summed E-state index contributed by atoms with van der Waals surface area (Å²) in [7, 11) is 0. The van der Waals surface area contributed by atoms with Crippen LogP contribution in [-0.4, -0.2) is 23.7 Å². The van der Waals surface area contributed by atoms with Crippen molar-refractivity contribution in [2.75, 3.05) is 17.4 Å². The minimum Gasteiger partial charge on any atom is -0.459 e. The number of anilines is 2. The van der Waals surface area contributed by atoms with Crippen LogP contribution in [0, 0.1) is 0 Å². The molecule has 8 nitrogen and oxygen atoms in total. The number of ether oxygens (including phenoxy) is 2. The first-order valence-electron chi connectivity index (χ1n) is 8.55. The van der Waals surface area contributed by atoms with E-state index in [1.54, 1.807) is 54.6 Å². The van der Waals surface area contributed by atoms with Gasteiger partial charge in [-0.2, -0.15) is 0 Å². The van der Waals surface area contributed by atoms with Gasteiger partial charge in [-0.05, 0) is 60.7 Å². The lowest BCUT2D eigenvalue weighted by atomic mass is 10.2. The summed E-state index contributed by atoms with van der Waals surface area (Å²) in [4.78, 5) is 24.5. The molecule has 0 saturated carbocycles. The third-order valence-corrected chi connectivity index (χ3v) is 4.19. The first kappa shape index (κ1) is 18.5. The lowest BCUT2D eigenvalue weighted by Crippen LogP contribution is -2.34. The molecule has 1 aliphatic rings. The van der Waals surface area contributed by atoms with E-state index in [0.29, 0.717) is 28.4 Å². The molecule has 1 aromatic heterocycles. The SMILES string of the molecule is O=C(NC(=S)Nc1cccc(NC(=O)c2ccco2)c1)c1ccc2c(c1)OCO2. The highest BCUT2D eigenvalue weighted by Crippen LogP contribution is 2.32. The molecule has 0 spiro atoms. The molecule has 2 aromatic carbocycles. The first-order valence-corrected chi connectivity index (χ1v) is 8.96. The van der Waals surface area contributed by atoms with Gasteiger partial charge >= 0.3 is 0 Å². The maximum Gasteiger partial charge on any atom is 0.291 e. The van der Waals surface area contributed by atoms with Crippen LogP contribution >= 0.6 is 12.2 Å². The van der Waals surface area contributed by atoms with Crippen molar-refractivity contribution in [1.82, 2.24) is 5.32 Å². The number of amides is 2. The van der Waals surface area contributed by atoms with Gasteiger partial charge in [0.25, 0.3) is 11.8 Å². The van der Waals surface area contributed by atoms with Gasteiger partial charge in [-0.15, -0.1) is 0 Å². The Morgan fingerprint density at radius 1 is 0.862 bits per heavy atom. The van der Waals surface area contributed by atoms with Crippen LogP contribution in [0.3, 0.4) is 0 Å². The van der Waals surface area contributed by atoms with Crippen LogP contribution in [0.4, 0.5) is 11.4 Å². The summed E-state index contributed by atoms with van der Waals surface area (Å²) >= 11 is 5.21. The molecule has 0 unspecified atom stereocenters. The zero-order valence-electron chi connectivity index (χ0n) is 14.9. The summed E-state index contributed by atoms with van der Waals surface area (Å²) in [5.41, 5.74) is 1.53. The number of thiocarbonyl (C=S) groups is 1. The van der Waals surface area contributed by atoms with Crippen LogP contribution in [0.25, 0.3) is 0 Å². The van der Waals surface area contributed by atoms with Crippen molar-refractivity contribution >= 4 is 40.5 Å². The van der Waals surface area contributed by atoms with Crippen LogP contribution < -0.4 is 25.4 Å². The number of benzene rings is 2. The quantitative estimate of drug-likeness (QED) is 0.568. The Hall–Kier alpha value is -3.85. The molecule has 0 aliphatic carbocycles. The van der Waals surface area contributed by atoms with Crippen molar-refractivity contribution in [3.8, 4) is 11.5 Å². The fourth-order valence-electron chi connectivity index (χ4n) is 2.65. The van der Waals surface area contributed by atoms with E-state index in [4.69, 9.17) is 26.1 Å². The molecule has 3 N–H and O–H groups in total. The predicted molar refractivity (Wildman–Crippen MR) is 109 cm³/mol.